The first-order valence-corrected chi connectivity index (χ1v) is 4.32. The Morgan fingerprint density at radius 1 is 1.50 bits per heavy atom. The molecular formula is C10H10N2O2. The van der Waals surface area contributed by atoms with Crippen LogP contribution in [0.2, 0.25) is 0 Å². The second-order valence-electron chi connectivity index (χ2n) is 3.13. The van der Waals surface area contributed by atoms with E-state index < -0.39 is 5.97 Å². The largest absolute Gasteiger partial charge is 0.480 e. The van der Waals surface area contributed by atoms with Gasteiger partial charge in [0.2, 0.25) is 0 Å². The summed E-state index contributed by atoms with van der Waals surface area (Å²) in [6.45, 7) is 1.77. The number of carboxylic acids is 1. The normalized spacial score (nSPS) is 10.6. The number of carboxylic acid groups (broad SMARTS) is 1. The standard InChI is InChI=1S/C10H10N2O2/c1-7-11-8-4-2-3-5-9(8)12(7)6-10(13)14/h2-5H,6H2,1H3,(H,13,14). The number of nitrogens with zero attached hydrogens (tertiary/aromatic N) is 2. The molecule has 1 aromatic heterocycles. The summed E-state index contributed by atoms with van der Waals surface area (Å²) in [6.07, 6.45) is 0. The third kappa shape index (κ3) is 1.35. The Hall–Kier alpha value is -1.84. The first-order chi connectivity index (χ1) is 6.68. The minimum atomic E-state index is -0.851. The van der Waals surface area contributed by atoms with Crippen molar-refractivity contribution in [2.45, 2.75) is 13.5 Å². The molecule has 0 aliphatic rings. The van der Waals surface area contributed by atoms with E-state index in [1.54, 1.807) is 4.57 Å². The zero-order chi connectivity index (χ0) is 10.1. The van der Waals surface area contributed by atoms with Gasteiger partial charge in [-0.25, -0.2) is 4.98 Å². The van der Waals surface area contributed by atoms with E-state index in [0.717, 1.165) is 16.9 Å². The van der Waals surface area contributed by atoms with Crippen molar-refractivity contribution in [2.75, 3.05) is 0 Å². The monoisotopic (exact) mass is 190 g/mol. The molecule has 0 bridgehead atoms. The van der Waals surface area contributed by atoms with Crippen LogP contribution in [0.3, 0.4) is 0 Å². The molecule has 0 saturated carbocycles. The van der Waals surface area contributed by atoms with E-state index in [9.17, 15) is 4.79 Å². The van der Waals surface area contributed by atoms with Crippen LogP contribution in [0.15, 0.2) is 24.3 Å². The smallest absolute Gasteiger partial charge is 0.323 e. The van der Waals surface area contributed by atoms with E-state index in [2.05, 4.69) is 4.98 Å². The van der Waals surface area contributed by atoms with Gasteiger partial charge in [0.1, 0.15) is 12.4 Å². The molecule has 1 aromatic carbocycles. The number of carbonyl (C=O) groups is 1. The predicted octanol–water partition coefficient (Wildman–Crippen LogP) is 1.43. The van der Waals surface area contributed by atoms with E-state index in [1.165, 1.54) is 0 Å². The van der Waals surface area contributed by atoms with Gasteiger partial charge >= 0.3 is 5.97 Å². The van der Waals surface area contributed by atoms with Crippen molar-refractivity contribution < 1.29 is 9.90 Å². The fourth-order valence-electron chi connectivity index (χ4n) is 1.53. The van der Waals surface area contributed by atoms with Gasteiger partial charge in [-0.1, -0.05) is 12.1 Å². The highest BCUT2D eigenvalue weighted by Gasteiger charge is 2.08. The fourth-order valence-corrected chi connectivity index (χ4v) is 1.53. The maximum atomic E-state index is 10.6. The van der Waals surface area contributed by atoms with Gasteiger partial charge in [-0.15, -0.1) is 0 Å². The second kappa shape index (κ2) is 3.14. The predicted molar refractivity (Wildman–Crippen MR) is 52.1 cm³/mol. The van der Waals surface area contributed by atoms with Crippen LogP contribution >= 0.6 is 0 Å². The molecule has 4 nitrogen and oxygen atoms in total. The van der Waals surface area contributed by atoms with Crippen molar-refractivity contribution in [1.82, 2.24) is 9.55 Å². The maximum Gasteiger partial charge on any atom is 0.323 e. The van der Waals surface area contributed by atoms with E-state index in [4.69, 9.17) is 5.11 Å². The Labute approximate surface area is 80.8 Å². The molecule has 2 rings (SSSR count). The molecule has 0 spiro atoms. The van der Waals surface area contributed by atoms with Crippen LogP contribution in [0, 0.1) is 6.92 Å². The lowest BCUT2D eigenvalue weighted by Crippen LogP contribution is -2.09. The summed E-state index contributed by atoms with van der Waals surface area (Å²) >= 11 is 0. The summed E-state index contributed by atoms with van der Waals surface area (Å²) in [7, 11) is 0. The molecule has 0 radical (unpaired) electrons. The first kappa shape index (κ1) is 8.74. The second-order valence-corrected chi connectivity index (χ2v) is 3.13. The number of benzene rings is 1. The van der Waals surface area contributed by atoms with Crippen LogP contribution in [-0.4, -0.2) is 20.6 Å². The Morgan fingerprint density at radius 3 is 2.93 bits per heavy atom. The zero-order valence-electron chi connectivity index (χ0n) is 7.77. The van der Waals surface area contributed by atoms with Crippen molar-refractivity contribution in [1.29, 1.82) is 0 Å². The Bertz CT molecular complexity index is 488. The van der Waals surface area contributed by atoms with Crippen LogP contribution in [0.5, 0.6) is 0 Å². The molecule has 4 heteroatoms. The van der Waals surface area contributed by atoms with Gasteiger partial charge in [0.05, 0.1) is 11.0 Å². The van der Waals surface area contributed by atoms with Crippen molar-refractivity contribution in [2.24, 2.45) is 0 Å². The number of aryl methyl sites for hydroxylation is 1. The number of aliphatic carboxylic acids is 1. The minimum Gasteiger partial charge on any atom is -0.480 e. The Balaban J connectivity index is 2.62. The summed E-state index contributed by atoms with van der Waals surface area (Å²) in [4.78, 5) is 14.9. The van der Waals surface area contributed by atoms with Gasteiger partial charge < -0.3 is 9.67 Å². The van der Waals surface area contributed by atoms with Crippen LogP contribution < -0.4 is 0 Å². The molecule has 1 heterocycles. The highest BCUT2D eigenvalue weighted by Crippen LogP contribution is 2.14. The van der Waals surface area contributed by atoms with Crippen LogP contribution in [-0.2, 0) is 11.3 Å². The Morgan fingerprint density at radius 2 is 2.21 bits per heavy atom. The third-order valence-electron chi connectivity index (χ3n) is 2.14. The molecule has 0 amide bonds. The summed E-state index contributed by atoms with van der Waals surface area (Å²) in [5.41, 5.74) is 1.71. The van der Waals surface area contributed by atoms with E-state index in [-0.39, 0.29) is 6.54 Å². The summed E-state index contributed by atoms with van der Waals surface area (Å²) in [5, 5.41) is 8.72. The number of para-hydroxylation sites is 2. The molecule has 14 heavy (non-hydrogen) atoms. The SMILES string of the molecule is Cc1nc2ccccc2n1CC(=O)O. The number of aromatic nitrogens is 2. The van der Waals surface area contributed by atoms with Crippen molar-refractivity contribution in [3.63, 3.8) is 0 Å². The highest BCUT2D eigenvalue weighted by molar-refractivity contribution is 5.78. The fraction of sp³-hybridized carbons (Fsp3) is 0.200. The topological polar surface area (TPSA) is 55.1 Å². The van der Waals surface area contributed by atoms with Crippen LogP contribution in [0.1, 0.15) is 5.82 Å². The number of rotatable bonds is 2. The summed E-state index contributed by atoms with van der Waals surface area (Å²) in [6, 6.07) is 7.51. The highest BCUT2D eigenvalue weighted by atomic mass is 16.4. The van der Waals surface area contributed by atoms with Crippen LogP contribution in [0.25, 0.3) is 11.0 Å². The number of fused-ring (bicyclic) bond motifs is 1. The minimum absolute atomic E-state index is 0.0354. The van der Waals surface area contributed by atoms with Gasteiger partial charge in [-0.2, -0.15) is 0 Å². The summed E-state index contributed by atoms with van der Waals surface area (Å²) in [5.74, 6) is -0.121. The van der Waals surface area contributed by atoms with Crippen LogP contribution in [0.4, 0.5) is 0 Å². The Kier molecular flexibility index (Phi) is 1.96. The lowest BCUT2D eigenvalue weighted by Gasteiger charge is -2.01. The molecule has 2 aromatic rings. The van der Waals surface area contributed by atoms with Crippen molar-refractivity contribution >= 4 is 17.0 Å². The average molecular weight is 190 g/mol. The first-order valence-electron chi connectivity index (χ1n) is 4.32. The molecule has 72 valence electrons. The maximum absolute atomic E-state index is 10.6. The van der Waals surface area contributed by atoms with E-state index in [1.807, 2.05) is 31.2 Å². The van der Waals surface area contributed by atoms with E-state index in [0.29, 0.717) is 0 Å². The quantitative estimate of drug-likeness (QED) is 0.779. The molecule has 1 N–H and O–H groups in total. The third-order valence-corrected chi connectivity index (χ3v) is 2.14. The lowest BCUT2D eigenvalue weighted by atomic mass is 10.3. The summed E-state index contributed by atoms with van der Waals surface area (Å²) < 4.78 is 1.69. The molecule has 0 saturated heterocycles. The van der Waals surface area contributed by atoms with Gasteiger partial charge in [-0.3, -0.25) is 4.79 Å². The zero-order valence-corrected chi connectivity index (χ0v) is 7.77. The van der Waals surface area contributed by atoms with Gasteiger partial charge in [0.15, 0.2) is 0 Å². The molecule has 0 unspecified atom stereocenters. The van der Waals surface area contributed by atoms with Gasteiger partial charge in [0, 0.05) is 0 Å². The number of hydrogen-bond donors (Lipinski definition) is 1. The average Bonchev–Trinajstić information content (AvgIpc) is 2.43. The lowest BCUT2D eigenvalue weighted by molar-refractivity contribution is -0.137. The molecule has 0 aliphatic heterocycles. The number of imidazole rings is 1. The van der Waals surface area contributed by atoms with Gasteiger partial charge in [0.25, 0.3) is 0 Å². The molecule has 0 fully saturated rings. The van der Waals surface area contributed by atoms with Gasteiger partial charge in [-0.05, 0) is 19.1 Å². The molecule has 0 aliphatic carbocycles. The van der Waals surface area contributed by atoms with E-state index >= 15 is 0 Å². The molecule has 0 atom stereocenters. The number of hydrogen-bond acceptors (Lipinski definition) is 2. The van der Waals surface area contributed by atoms with Crippen molar-refractivity contribution in [3.8, 4) is 0 Å². The van der Waals surface area contributed by atoms with Crippen molar-refractivity contribution in [3.05, 3.63) is 30.1 Å². The molecular weight excluding hydrogens is 180 g/mol.